The number of aliphatic carboxylic acids is 1. The van der Waals surface area contributed by atoms with Crippen LogP contribution >= 0.6 is 0 Å². The minimum atomic E-state index is -0.830. The normalized spacial score (nSPS) is 18.8. The van der Waals surface area contributed by atoms with Crippen LogP contribution in [0, 0.1) is 5.92 Å². The van der Waals surface area contributed by atoms with Gasteiger partial charge >= 0.3 is 11.7 Å². The molecule has 0 bridgehead atoms. The van der Waals surface area contributed by atoms with Crippen LogP contribution in [0.5, 0.6) is 0 Å². The maximum Gasteiger partial charge on any atom is 0.332 e. The van der Waals surface area contributed by atoms with Crippen LogP contribution in [0.2, 0.25) is 0 Å². The third kappa shape index (κ3) is 2.09. The SMILES string of the molecule is Cn1c(=O)c2[nH]c(N3CCCC(C(=O)O)C3)nc2n(C)c1=O. The molecule has 1 aliphatic heterocycles. The Bertz CT molecular complexity index is 862. The number of anilines is 1. The lowest BCUT2D eigenvalue weighted by Crippen LogP contribution is -2.39. The number of piperidine rings is 1. The summed E-state index contributed by atoms with van der Waals surface area (Å²) in [6.07, 6.45) is 1.37. The number of fused-ring (bicyclic) bond motifs is 1. The van der Waals surface area contributed by atoms with E-state index in [4.69, 9.17) is 5.11 Å². The molecule has 0 spiro atoms. The molecule has 0 radical (unpaired) electrons. The molecular formula is C13H17N5O4. The number of carbonyl (C=O) groups is 1. The van der Waals surface area contributed by atoms with Crippen LogP contribution in [-0.4, -0.2) is 43.3 Å². The van der Waals surface area contributed by atoms with Crippen molar-refractivity contribution in [1.82, 2.24) is 19.1 Å². The third-order valence-electron chi connectivity index (χ3n) is 4.15. The van der Waals surface area contributed by atoms with Crippen molar-refractivity contribution in [3.05, 3.63) is 20.8 Å². The molecule has 22 heavy (non-hydrogen) atoms. The second-order valence-corrected chi connectivity index (χ2v) is 5.59. The van der Waals surface area contributed by atoms with Gasteiger partial charge in [0.05, 0.1) is 5.92 Å². The molecule has 3 heterocycles. The highest BCUT2D eigenvalue weighted by Gasteiger charge is 2.27. The molecule has 2 aromatic heterocycles. The maximum absolute atomic E-state index is 12.1. The van der Waals surface area contributed by atoms with Gasteiger partial charge in [0.15, 0.2) is 11.2 Å². The minimum absolute atomic E-state index is 0.247. The van der Waals surface area contributed by atoms with Gasteiger partial charge in [-0.25, -0.2) is 4.79 Å². The summed E-state index contributed by atoms with van der Waals surface area (Å²) in [5.74, 6) is -0.850. The highest BCUT2D eigenvalue weighted by molar-refractivity contribution is 5.74. The van der Waals surface area contributed by atoms with Crippen LogP contribution in [0.1, 0.15) is 12.8 Å². The van der Waals surface area contributed by atoms with Crippen molar-refractivity contribution < 1.29 is 9.90 Å². The number of carboxylic acid groups (broad SMARTS) is 1. The van der Waals surface area contributed by atoms with Gasteiger partial charge in [0.25, 0.3) is 5.56 Å². The van der Waals surface area contributed by atoms with Crippen molar-refractivity contribution in [2.75, 3.05) is 18.0 Å². The monoisotopic (exact) mass is 307 g/mol. The summed E-state index contributed by atoms with van der Waals surface area (Å²) in [6, 6.07) is 0. The van der Waals surface area contributed by atoms with E-state index in [2.05, 4.69) is 9.97 Å². The number of aryl methyl sites for hydroxylation is 1. The Balaban J connectivity index is 2.08. The number of carboxylic acids is 1. The molecule has 3 rings (SSSR count). The van der Waals surface area contributed by atoms with E-state index in [1.54, 1.807) is 7.05 Å². The molecule has 1 saturated heterocycles. The lowest BCUT2D eigenvalue weighted by Gasteiger charge is -2.30. The summed E-state index contributed by atoms with van der Waals surface area (Å²) in [7, 11) is 2.96. The van der Waals surface area contributed by atoms with Crippen LogP contribution in [0.4, 0.5) is 5.95 Å². The molecule has 2 N–H and O–H groups in total. The number of nitrogens with zero attached hydrogens (tertiary/aromatic N) is 4. The van der Waals surface area contributed by atoms with Gasteiger partial charge in [-0.05, 0) is 12.8 Å². The van der Waals surface area contributed by atoms with Gasteiger partial charge in [0.2, 0.25) is 5.95 Å². The van der Waals surface area contributed by atoms with Gasteiger partial charge in [-0.1, -0.05) is 0 Å². The summed E-state index contributed by atoms with van der Waals surface area (Å²) >= 11 is 0. The van der Waals surface area contributed by atoms with Crippen molar-refractivity contribution in [3.8, 4) is 0 Å². The Kier molecular flexibility index (Phi) is 3.27. The number of nitrogens with one attached hydrogen (secondary N) is 1. The summed E-state index contributed by atoms with van der Waals surface area (Å²) in [4.78, 5) is 44.3. The second kappa shape index (κ2) is 5.00. The molecule has 1 unspecified atom stereocenters. The van der Waals surface area contributed by atoms with Gasteiger partial charge in [-0.2, -0.15) is 4.98 Å². The second-order valence-electron chi connectivity index (χ2n) is 5.59. The number of H-pyrrole nitrogens is 1. The fraction of sp³-hybridized carbons (Fsp3) is 0.538. The van der Waals surface area contributed by atoms with Crippen LogP contribution in [0.3, 0.4) is 0 Å². The van der Waals surface area contributed by atoms with Crippen molar-refractivity contribution in [2.45, 2.75) is 12.8 Å². The molecule has 1 fully saturated rings. The molecule has 118 valence electrons. The number of imidazole rings is 1. The third-order valence-corrected chi connectivity index (χ3v) is 4.15. The first-order valence-corrected chi connectivity index (χ1v) is 7.03. The molecule has 0 aromatic carbocycles. The topological polar surface area (TPSA) is 113 Å². The maximum atomic E-state index is 12.1. The number of aromatic nitrogens is 4. The van der Waals surface area contributed by atoms with Crippen molar-refractivity contribution in [2.24, 2.45) is 20.0 Å². The standard InChI is InChI=1S/C13H17N5O4/c1-16-9-8(10(19)17(2)13(16)22)14-12(15-9)18-5-3-4-7(6-18)11(20)21/h7H,3-6H2,1-2H3,(H,14,15)(H,20,21). The zero-order valence-corrected chi connectivity index (χ0v) is 12.4. The van der Waals surface area contributed by atoms with Crippen LogP contribution < -0.4 is 16.1 Å². The van der Waals surface area contributed by atoms with Gasteiger partial charge in [0.1, 0.15) is 0 Å². The first kappa shape index (κ1) is 14.4. The average Bonchev–Trinajstić information content (AvgIpc) is 2.96. The van der Waals surface area contributed by atoms with E-state index in [1.165, 1.54) is 11.6 Å². The lowest BCUT2D eigenvalue weighted by atomic mass is 9.99. The molecule has 1 atom stereocenters. The number of hydrogen-bond acceptors (Lipinski definition) is 5. The molecule has 0 saturated carbocycles. The van der Waals surface area contributed by atoms with E-state index in [1.807, 2.05) is 4.90 Å². The smallest absolute Gasteiger partial charge is 0.332 e. The average molecular weight is 307 g/mol. The van der Waals surface area contributed by atoms with Gasteiger partial charge in [-0.15, -0.1) is 0 Å². The predicted molar refractivity (Wildman–Crippen MR) is 79.1 cm³/mol. The van der Waals surface area contributed by atoms with E-state index in [0.717, 1.165) is 11.0 Å². The first-order valence-electron chi connectivity index (χ1n) is 7.03. The highest BCUT2D eigenvalue weighted by atomic mass is 16.4. The summed E-state index contributed by atoms with van der Waals surface area (Å²) < 4.78 is 2.32. The zero-order chi connectivity index (χ0) is 16.0. The van der Waals surface area contributed by atoms with E-state index in [-0.39, 0.29) is 11.2 Å². The molecule has 9 nitrogen and oxygen atoms in total. The van der Waals surface area contributed by atoms with Crippen LogP contribution in [0.25, 0.3) is 11.2 Å². The van der Waals surface area contributed by atoms with Crippen molar-refractivity contribution >= 4 is 23.1 Å². The van der Waals surface area contributed by atoms with Crippen molar-refractivity contribution in [1.29, 1.82) is 0 Å². The summed E-state index contributed by atoms with van der Waals surface area (Å²) in [5.41, 5.74) is -0.362. The number of aromatic amines is 1. The van der Waals surface area contributed by atoms with Crippen LogP contribution in [-0.2, 0) is 18.9 Å². The molecule has 9 heteroatoms. The Morgan fingerprint density at radius 3 is 2.73 bits per heavy atom. The van der Waals surface area contributed by atoms with Gasteiger partial charge in [0, 0.05) is 27.2 Å². The molecule has 2 aromatic rings. The molecule has 0 aliphatic carbocycles. The highest BCUT2D eigenvalue weighted by Crippen LogP contribution is 2.22. The Hall–Kier alpha value is -2.58. The first-order chi connectivity index (χ1) is 10.4. The van der Waals surface area contributed by atoms with E-state index < -0.39 is 23.1 Å². The fourth-order valence-corrected chi connectivity index (χ4v) is 2.83. The minimum Gasteiger partial charge on any atom is -0.481 e. The van der Waals surface area contributed by atoms with Gasteiger partial charge < -0.3 is 15.0 Å². The lowest BCUT2D eigenvalue weighted by molar-refractivity contribution is -0.141. The van der Waals surface area contributed by atoms with Crippen molar-refractivity contribution in [3.63, 3.8) is 0 Å². The van der Waals surface area contributed by atoms with E-state index >= 15 is 0 Å². The Morgan fingerprint density at radius 2 is 2.05 bits per heavy atom. The molecular weight excluding hydrogens is 290 g/mol. The fourth-order valence-electron chi connectivity index (χ4n) is 2.83. The molecule has 0 amide bonds. The molecule has 1 aliphatic rings. The van der Waals surface area contributed by atoms with Gasteiger partial charge in [-0.3, -0.25) is 18.7 Å². The Morgan fingerprint density at radius 1 is 1.32 bits per heavy atom. The van der Waals surface area contributed by atoms with E-state index in [9.17, 15) is 14.4 Å². The number of hydrogen-bond donors (Lipinski definition) is 2. The largest absolute Gasteiger partial charge is 0.481 e. The predicted octanol–water partition coefficient (Wildman–Crippen LogP) is -0.739. The van der Waals surface area contributed by atoms with E-state index in [0.29, 0.717) is 25.5 Å². The quantitative estimate of drug-likeness (QED) is 0.755. The Labute approximate surface area is 124 Å². The summed E-state index contributed by atoms with van der Waals surface area (Å²) in [5, 5.41) is 9.15. The number of rotatable bonds is 2. The van der Waals surface area contributed by atoms with Crippen LogP contribution in [0.15, 0.2) is 9.59 Å². The zero-order valence-electron chi connectivity index (χ0n) is 12.4. The summed E-state index contributed by atoms with van der Waals surface area (Å²) in [6.45, 7) is 1.00.